The first-order valence-corrected chi connectivity index (χ1v) is 10.1. The second-order valence-electron chi connectivity index (χ2n) is 6.35. The number of amides is 1. The van der Waals surface area contributed by atoms with E-state index in [9.17, 15) is 9.59 Å². The van der Waals surface area contributed by atoms with Crippen LogP contribution in [0.25, 0.3) is 10.6 Å². The number of hydrogen-bond acceptors (Lipinski definition) is 6. The molecule has 0 aliphatic rings. The molecular formula is C22H22N2O4S. The number of thiazole rings is 1. The summed E-state index contributed by atoms with van der Waals surface area (Å²) < 4.78 is 10.4. The zero-order chi connectivity index (χ0) is 20.8. The van der Waals surface area contributed by atoms with Gasteiger partial charge in [0.05, 0.1) is 7.11 Å². The van der Waals surface area contributed by atoms with Crippen LogP contribution in [0.15, 0.2) is 53.9 Å². The fourth-order valence-electron chi connectivity index (χ4n) is 2.58. The van der Waals surface area contributed by atoms with Gasteiger partial charge in [0.2, 0.25) is 0 Å². The summed E-state index contributed by atoms with van der Waals surface area (Å²) in [5, 5.41) is 5.05. The van der Waals surface area contributed by atoms with E-state index in [1.165, 1.54) is 23.8 Å². The molecule has 29 heavy (non-hydrogen) atoms. The Balaban J connectivity index is 1.60. The van der Waals surface area contributed by atoms with Gasteiger partial charge in [-0.1, -0.05) is 19.1 Å². The standard InChI is InChI=1S/C22H22N2O4S/c1-4-15-5-9-17(10-6-15)23-20(25)14(2)28-22(26)19-13-29-21(24-19)16-7-11-18(27-3)12-8-16/h5-14H,4H2,1-3H3,(H,23,25)/t14-/m0/s1. The number of aromatic nitrogens is 1. The molecule has 1 atom stereocenters. The fourth-order valence-corrected chi connectivity index (χ4v) is 3.37. The first-order valence-electron chi connectivity index (χ1n) is 9.21. The SMILES string of the molecule is CCc1ccc(NC(=O)[C@H](C)OC(=O)c2csc(-c3ccc(OC)cc3)n2)cc1. The van der Waals surface area contributed by atoms with Gasteiger partial charge in [-0.25, -0.2) is 9.78 Å². The van der Waals surface area contributed by atoms with Crippen LogP contribution >= 0.6 is 11.3 Å². The van der Waals surface area contributed by atoms with E-state index in [-0.39, 0.29) is 5.69 Å². The highest BCUT2D eigenvalue weighted by molar-refractivity contribution is 7.13. The molecule has 0 saturated heterocycles. The summed E-state index contributed by atoms with van der Waals surface area (Å²) in [6, 6.07) is 14.9. The Morgan fingerprint density at radius 3 is 2.41 bits per heavy atom. The van der Waals surface area contributed by atoms with Crippen LogP contribution in [0.1, 0.15) is 29.9 Å². The highest BCUT2D eigenvalue weighted by atomic mass is 32.1. The van der Waals surface area contributed by atoms with E-state index in [1.807, 2.05) is 48.5 Å². The quantitative estimate of drug-likeness (QED) is 0.578. The number of nitrogens with one attached hydrogen (secondary N) is 1. The molecule has 1 amide bonds. The molecule has 7 heteroatoms. The van der Waals surface area contributed by atoms with Crippen molar-refractivity contribution in [2.75, 3.05) is 12.4 Å². The Hall–Kier alpha value is -3.19. The summed E-state index contributed by atoms with van der Waals surface area (Å²) in [6.07, 6.45) is -0.0199. The van der Waals surface area contributed by atoms with Gasteiger partial charge in [0.1, 0.15) is 10.8 Å². The molecule has 3 rings (SSSR count). The monoisotopic (exact) mass is 410 g/mol. The van der Waals surface area contributed by atoms with Crippen LogP contribution in [0.3, 0.4) is 0 Å². The third-order valence-electron chi connectivity index (χ3n) is 4.33. The van der Waals surface area contributed by atoms with Gasteiger partial charge in [0.15, 0.2) is 11.8 Å². The van der Waals surface area contributed by atoms with Gasteiger partial charge < -0.3 is 14.8 Å². The Morgan fingerprint density at radius 2 is 1.79 bits per heavy atom. The lowest BCUT2D eigenvalue weighted by molar-refractivity contribution is -0.123. The van der Waals surface area contributed by atoms with Crippen molar-refractivity contribution in [3.05, 3.63) is 65.2 Å². The van der Waals surface area contributed by atoms with E-state index in [1.54, 1.807) is 12.5 Å². The smallest absolute Gasteiger partial charge is 0.358 e. The molecule has 0 fully saturated rings. The zero-order valence-electron chi connectivity index (χ0n) is 16.5. The predicted molar refractivity (Wildman–Crippen MR) is 113 cm³/mol. The number of carbonyl (C=O) groups excluding carboxylic acids is 2. The van der Waals surface area contributed by atoms with Gasteiger partial charge in [-0.15, -0.1) is 11.3 Å². The summed E-state index contributed by atoms with van der Waals surface area (Å²) in [5.41, 5.74) is 2.88. The average Bonchev–Trinajstić information content (AvgIpc) is 3.24. The largest absolute Gasteiger partial charge is 0.497 e. The molecule has 0 aliphatic heterocycles. The summed E-state index contributed by atoms with van der Waals surface area (Å²) in [7, 11) is 1.60. The molecule has 150 valence electrons. The zero-order valence-corrected chi connectivity index (χ0v) is 17.3. The van der Waals surface area contributed by atoms with Crippen molar-refractivity contribution in [3.63, 3.8) is 0 Å². The number of ether oxygens (including phenoxy) is 2. The van der Waals surface area contributed by atoms with Crippen molar-refractivity contribution in [1.29, 1.82) is 0 Å². The number of rotatable bonds is 7. The minimum absolute atomic E-state index is 0.174. The number of methoxy groups -OCH3 is 1. The van der Waals surface area contributed by atoms with E-state index in [0.29, 0.717) is 10.7 Å². The second-order valence-corrected chi connectivity index (χ2v) is 7.21. The molecule has 2 aromatic carbocycles. The molecule has 0 radical (unpaired) electrons. The average molecular weight is 410 g/mol. The highest BCUT2D eigenvalue weighted by Gasteiger charge is 2.21. The topological polar surface area (TPSA) is 77.5 Å². The molecule has 0 aliphatic carbocycles. The van der Waals surface area contributed by atoms with E-state index < -0.39 is 18.0 Å². The molecule has 0 bridgehead atoms. The van der Waals surface area contributed by atoms with Crippen molar-refractivity contribution < 1.29 is 19.1 Å². The normalized spacial score (nSPS) is 11.6. The molecule has 0 spiro atoms. The molecule has 3 aromatic rings. The first kappa shape index (κ1) is 20.5. The minimum Gasteiger partial charge on any atom is -0.497 e. The van der Waals surface area contributed by atoms with E-state index >= 15 is 0 Å². The number of carbonyl (C=O) groups is 2. The Kier molecular flexibility index (Phi) is 6.61. The van der Waals surface area contributed by atoms with Crippen LogP contribution in [0.5, 0.6) is 5.75 Å². The van der Waals surface area contributed by atoms with Gasteiger partial charge in [0.25, 0.3) is 5.91 Å². The lowest BCUT2D eigenvalue weighted by atomic mass is 10.1. The third kappa shape index (κ3) is 5.20. The van der Waals surface area contributed by atoms with Crippen LogP contribution in [0.2, 0.25) is 0 Å². The maximum absolute atomic E-state index is 12.4. The second kappa shape index (κ2) is 9.34. The summed E-state index contributed by atoms with van der Waals surface area (Å²) in [4.78, 5) is 29.0. The van der Waals surface area contributed by atoms with Gasteiger partial charge in [-0.05, 0) is 55.3 Å². The lowest BCUT2D eigenvalue weighted by Crippen LogP contribution is -2.30. The van der Waals surface area contributed by atoms with Gasteiger partial charge >= 0.3 is 5.97 Å². The van der Waals surface area contributed by atoms with Crippen LogP contribution in [-0.2, 0) is 16.0 Å². The van der Waals surface area contributed by atoms with Crippen LogP contribution < -0.4 is 10.1 Å². The Morgan fingerprint density at radius 1 is 1.10 bits per heavy atom. The number of esters is 1. The first-order chi connectivity index (χ1) is 14.0. The summed E-state index contributed by atoms with van der Waals surface area (Å²) in [5.74, 6) is -0.285. The molecular weight excluding hydrogens is 388 g/mol. The fraction of sp³-hybridized carbons (Fsp3) is 0.227. The van der Waals surface area contributed by atoms with E-state index in [2.05, 4.69) is 17.2 Å². The molecule has 6 nitrogen and oxygen atoms in total. The van der Waals surface area contributed by atoms with Crippen molar-refractivity contribution in [1.82, 2.24) is 4.98 Å². The number of nitrogens with zero attached hydrogens (tertiary/aromatic N) is 1. The maximum atomic E-state index is 12.4. The van der Waals surface area contributed by atoms with Crippen molar-refractivity contribution in [2.45, 2.75) is 26.4 Å². The summed E-state index contributed by atoms with van der Waals surface area (Å²) in [6.45, 7) is 3.60. The third-order valence-corrected chi connectivity index (χ3v) is 5.22. The molecule has 1 N–H and O–H groups in total. The molecule has 1 aromatic heterocycles. The lowest BCUT2D eigenvalue weighted by Gasteiger charge is -2.13. The van der Waals surface area contributed by atoms with Crippen LogP contribution in [0.4, 0.5) is 5.69 Å². The Bertz CT molecular complexity index is 981. The number of anilines is 1. The van der Waals surface area contributed by atoms with Gasteiger partial charge in [-0.2, -0.15) is 0 Å². The van der Waals surface area contributed by atoms with Crippen LogP contribution in [0, 0.1) is 0 Å². The Labute approximate surface area is 173 Å². The number of hydrogen-bond donors (Lipinski definition) is 1. The summed E-state index contributed by atoms with van der Waals surface area (Å²) >= 11 is 1.33. The number of aryl methyl sites for hydroxylation is 1. The molecule has 0 unspecified atom stereocenters. The van der Waals surface area contributed by atoms with Gasteiger partial charge in [-0.3, -0.25) is 4.79 Å². The predicted octanol–water partition coefficient (Wildman–Crippen LogP) is 4.57. The van der Waals surface area contributed by atoms with Crippen molar-refractivity contribution in [3.8, 4) is 16.3 Å². The van der Waals surface area contributed by atoms with E-state index in [4.69, 9.17) is 9.47 Å². The highest BCUT2D eigenvalue weighted by Crippen LogP contribution is 2.26. The van der Waals surface area contributed by atoms with Crippen molar-refractivity contribution >= 4 is 28.9 Å². The molecule has 1 heterocycles. The maximum Gasteiger partial charge on any atom is 0.358 e. The molecule has 0 saturated carbocycles. The van der Waals surface area contributed by atoms with E-state index in [0.717, 1.165) is 17.7 Å². The van der Waals surface area contributed by atoms with Gasteiger partial charge in [0, 0.05) is 16.6 Å². The van der Waals surface area contributed by atoms with Crippen molar-refractivity contribution in [2.24, 2.45) is 0 Å². The van der Waals surface area contributed by atoms with Crippen LogP contribution in [-0.4, -0.2) is 30.1 Å². The number of benzene rings is 2. The minimum atomic E-state index is -0.945.